The summed E-state index contributed by atoms with van der Waals surface area (Å²) in [6, 6.07) is 9.82. The SMILES string of the molecule is Cc1cc(Cl)ccc1NC(=O)c1cc(Nc2c(F)cccc2F)ncn1. The fourth-order valence-electron chi connectivity index (χ4n) is 2.25. The van der Waals surface area contributed by atoms with Crippen molar-refractivity contribution in [2.24, 2.45) is 0 Å². The van der Waals surface area contributed by atoms with E-state index in [0.717, 1.165) is 24.0 Å². The highest BCUT2D eigenvalue weighted by molar-refractivity contribution is 6.30. The van der Waals surface area contributed by atoms with Gasteiger partial charge in [0.25, 0.3) is 5.91 Å². The van der Waals surface area contributed by atoms with E-state index in [0.29, 0.717) is 10.7 Å². The second-order valence-electron chi connectivity index (χ2n) is 5.42. The van der Waals surface area contributed by atoms with Gasteiger partial charge in [0.15, 0.2) is 0 Å². The lowest BCUT2D eigenvalue weighted by molar-refractivity contribution is 0.102. The van der Waals surface area contributed by atoms with Gasteiger partial charge in [-0.3, -0.25) is 4.79 Å². The molecule has 0 aliphatic rings. The Kier molecular flexibility index (Phi) is 5.09. The van der Waals surface area contributed by atoms with Crippen molar-refractivity contribution in [1.82, 2.24) is 9.97 Å². The largest absolute Gasteiger partial charge is 0.335 e. The van der Waals surface area contributed by atoms with Crippen LogP contribution in [0.25, 0.3) is 0 Å². The summed E-state index contributed by atoms with van der Waals surface area (Å²) in [4.78, 5) is 20.2. The van der Waals surface area contributed by atoms with Gasteiger partial charge in [0.05, 0.1) is 0 Å². The number of hydrogen-bond acceptors (Lipinski definition) is 4. The normalized spacial score (nSPS) is 10.5. The number of aryl methyl sites for hydroxylation is 1. The molecule has 1 heterocycles. The monoisotopic (exact) mass is 374 g/mol. The predicted molar refractivity (Wildman–Crippen MR) is 95.8 cm³/mol. The van der Waals surface area contributed by atoms with Crippen molar-refractivity contribution in [3.8, 4) is 0 Å². The first kappa shape index (κ1) is 17.8. The zero-order valence-corrected chi connectivity index (χ0v) is 14.3. The molecule has 26 heavy (non-hydrogen) atoms. The number of carbonyl (C=O) groups excluding carboxylic acids is 1. The number of nitrogens with one attached hydrogen (secondary N) is 2. The Balaban J connectivity index is 1.81. The molecule has 0 radical (unpaired) electrons. The smallest absolute Gasteiger partial charge is 0.274 e. The molecule has 3 aromatic rings. The fourth-order valence-corrected chi connectivity index (χ4v) is 2.48. The molecule has 0 aliphatic carbocycles. The number of aromatic nitrogens is 2. The summed E-state index contributed by atoms with van der Waals surface area (Å²) in [5, 5.41) is 5.78. The van der Waals surface area contributed by atoms with E-state index < -0.39 is 17.5 Å². The van der Waals surface area contributed by atoms with Crippen LogP contribution in [0.2, 0.25) is 5.02 Å². The van der Waals surface area contributed by atoms with Crippen LogP contribution < -0.4 is 10.6 Å². The van der Waals surface area contributed by atoms with Gasteiger partial charge in [-0.25, -0.2) is 18.7 Å². The van der Waals surface area contributed by atoms with Crippen molar-refractivity contribution in [2.45, 2.75) is 6.92 Å². The van der Waals surface area contributed by atoms with Crippen LogP contribution >= 0.6 is 11.6 Å². The number of rotatable bonds is 4. The molecule has 0 saturated carbocycles. The zero-order valence-electron chi connectivity index (χ0n) is 13.6. The standard InChI is InChI=1S/C18H13ClF2N4O/c1-10-7-11(19)5-6-14(10)24-18(26)15-8-16(23-9-22-15)25-17-12(20)3-2-4-13(17)21/h2-9H,1H3,(H,24,26)(H,22,23,25). The number of carbonyl (C=O) groups is 1. The molecule has 0 bridgehead atoms. The molecule has 5 nitrogen and oxygen atoms in total. The summed E-state index contributed by atoms with van der Waals surface area (Å²) in [5.41, 5.74) is 1.04. The molecular weight excluding hydrogens is 362 g/mol. The van der Waals surface area contributed by atoms with Crippen molar-refractivity contribution >= 4 is 34.7 Å². The topological polar surface area (TPSA) is 66.9 Å². The minimum absolute atomic E-state index is 0.0357. The van der Waals surface area contributed by atoms with E-state index >= 15 is 0 Å². The third kappa shape index (κ3) is 3.94. The van der Waals surface area contributed by atoms with Gasteiger partial charge in [-0.15, -0.1) is 0 Å². The summed E-state index contributed by atoms with van der Waals surface area (Å²) in [7, 11) is 0. The summed E-state index contributed by atoms with van der Waals surface area (Å²) in [6.07, 6.45) is 1.13. The lowest BCUT2D eigenvalue weighted by atomic mass is 10.2. The number of amides is 1. The maximum Gasteiger partial charge on any atom is 0.274 e. The molecule has 0 saturated heterocycles. The summed E-state index contributed by atoms with van der Waals surface area (Å²) < 4.78 is 27.4. The molecule has 132 valence electrons. The zero-order chi connectivity index (χ0) is 18.7. The van der Waals surface area contributed by atoms with E-state index in [9.17, 15) is 13.6 Å². The van der Waals surface area contributed by atoms with E-state index in [4.69, 9.17) is 11.6 Å². The van der Waals surface area contributed by atoms with Crippen molar-refractivity contribution in [3.05, 3.63) is 76.7 Å². The van der Waals surface area contributed by atoms with Gasteiger partial charge >= 0.3 is 0 Å². The second kappa shape index (κ2) is 7.45. The molecule has 1 aromatic heterocycles. The van der Waals surface area contributed by atoms with Crippen LogP contribution in [-0.2, 0) is 0 Å². The van der Waals surface area contributed by atoms with Crippen LogP contribution in [0.4, 0.5) is 26.0 Å². The number of hydrogen-bond donors (Lipinski definition) is 2. The molecule has 0 fully saturated rings. The Labute approximate surface area is 153 Å². The predicted octanol–water partition coefficient (Wildman–Crippen LogP) is 4.71. The van der Waals surface area contributed by atoms with Crippen LogP contribution in [0.1, 0.15) is 16.1 Å². The number of nitrogens with zero attached hydrogens (tertiary/aromatic N) is 2. The van der Waals surface area contributed by atoms with Crippen LogP contribution in [0, 0.1) is 18.6 Å². The van der Waals surface area contributed by atoms with Crippen LogP contribution in [0.3, 0.4) is 0 Å². The third-order valence-electron chi connectivity index (χ3n) is 3.55. The molecule has 0 unspecified atom stereocenters. The third-order valence-corrected chi connectivity index (χ3v) is 3.79. The number of anilines is 3. The Bertz CT molecular complexity index is 961. The summed E-state index contributed by atoms with van der Waals surface area (Å²) in [6.45, 7) is 1.80. The van der Waals surface area contributed by atoms with E-state index in [2.05, 4.69) is 20.6 Å². The number of para-hydroxylation sites is 1. The Morgan fingerprint density at radius 2 is 1.81 bits per heavy atom. The molecule has 2 N–H and O–H groups in total. The maximum absolute atomic E-state index is 13.7. The molecule has 1 amide bonds. The second-order valence-corrected chi connectivity index (χ2v) is 5.86. The fraction of sp³-hybridized carbons (Fsp3) is 0.0556. The van der Waals surface area contributed by atoms with Gasteiger partial charge in [0, 0.05) is 16.8 Å². The average Bonchev–Trinajstić information content (AvgIpc) is 2.61. The quantitative estimate of drug-likeness (QED) is 0.694. The highest BCUT2D eigenvalue weighted by Crippen LogP contribution is 2.23. The minimum Gasteiger partial charge on any atom is -0.335 e. The molecule has 8 heteroatoms. The average molecular weight is 375 g/mol. The van der Waals surface area contributed by atoms with E-state index in [1.807, 2.05) is 0 Å². The first-order chi connectivity index (χ1) is 12.4. The molecular formula is C18H13ClF2N4O. The minimum atomic E-state index is -0.772. The Hall–Kier alpha value is -3.06. The molecule has 2 aromatic carbocycles. The highest BCUT2D eigenvalue weighted by atomic mass is 35.5. The van der Waals surface area contributed by atoms with E-state index in [1.54, 1.807) is 25.1 Å². The molecule has 0 spiro atoms. The van der Waals surface area contributed by atoms with Crippen molar-refractivity contribution in [1.29, 1.82) is 0 Å². The summed E-state index contributed by atoms with van der Waals surface area (Å²) in [5.74, 6) is -1.95. The Morgan fingerprint density at radius 3 is 2.50 bits per heavy atom. The highest BCUT2D eigenvalue weighted by Gasteiger charge is 2.13. The van der Waals surface area contributed by atoms with Crippen LogP contribution in [0.5, 0.6) is 0 Å². The number of benzene rings is 2. The van der Waals surface area contributed by atoms with Gasteiger partial charge in [-0.2, -0.15) is 0 Å². The Morgan fingerprint density at radius 1 is 1.08 bits per heavy atom. The van der Waals surface area contributed by atoms with Gasteiger partial charge in [0.1, 0.15) is 35.2 Å². The molecule has 0 atom stereocenters. The van der Waals surface area contributed by atoms with Crippen LogP contribution in [0.15, 0.2) is 48.8 Å². The van der Waals surface area contributed by atoms with Gasteiger partial charge in [-0.05, 0) is 42.8 Å². The van der Waals surface area contributed by atoms with E-state index in [1.165, 1.54) is 12.1 Å². The number of halogens is 3. The maximum atomic E-state index is 13.7. The van der Waals surface area contributed by atoms with Gasteiger partial charge < -0.3 is 10.6 Å². The van der Waals surface area contributed by atoms with Crippen molar-refractivity contribution in [2.75, 3.05) is 10.6 Å². The lowest BCUT2D eigenvalue weighted by Crippen LogP contribution is -2.15. The lowest BCUT2D eigenvalue weighted by Gasteiger charge is -2.10. The van der Waals surface area contributed by atoms with Crippen molar-refractivity contribution in [3.63, 3.8) is 0 Å². The molecule has 0 aliphatic heterocycles. The molecule has 3 rings (SSSR count). The summed E-state index contributed by atoms with van der Waals surface area (Å²) >= 11 is 5.89. The van der Waals surface area contributed by atoms with Crippen molar-refractivity contribution < 1.29 is 13.6 Å². The van der Waals surface area contributed by atoms with Gasteiger partial charge in [-0.1, -0.05) is 17.7 Å². The first-order valence-corrected chi connectivity index (χ1v) is 7.92. The first-order valence-electron chi connectivity index (χ1n) is 7.54. The van der Waals surface area contributed by atoms with E-state index in [-0.39, 0.29) is 17.2 Å². The van der Waals surface area contributed by atoms with Crippen LogP contribution in [-0.4, -0.2) is 15.9 Å². The van der Waals surface area contributed by atoms with Gasteiger partial charge in [0.2, 0.25) is 0 Å².